The summed E-state index contributed by atoms with van der Waals surface area (Å²) in [6.45, 7) is 8.30. The summed E-state index contributed by atoms with van der Waals surface area (Å²) in [6, 6.07) is 0.835. The van der Waals surface area contributed by atoms with Crippen molar-refractivity contribution in [1.82, 2.24) is 9.80 Å². The predicted octanol–water partition coefficient (Wildman–Crippen LogP) is 2.45. The highest BCUT2D eigenvalue weighted by Crippen LogP contribution is 2.24. The van der Waals surface area contributed by atoms with Crippen LogP contribution in [0.2, 0.25) is 0 Å². The van der Waals surface area contributed by atoms with Crippen LogP contribution in [0.25, 0.3) is 0 Å². The first-order chi connectivity index (χ1) is 7.17. The smallest absolute Gasteiger partial charge is 0.0105 e. The molecule has 1 saturated heterocycles. The Bertz CT molecular complexity index is 170. The van der Waals surface area contributed by atoms with E-state index < -0.39 is 0 Å². The summed E-state index contributed by atoms with van der Waals surface area (Å²) < 4.78 is 0. The number of hydrogen-bond donors (Lipinski definition) is 0. The van der Waals surface area contributed by atoms with Crippen molar-refractivity contribution in [3.8, 4) is 0 Å². The Kier molecular flexibility index (Phi) is 5.62. The van der Waals surface area contributed by atoms with E-state index in [1.807, 2.05) is 0 Å². The highest BCUT2D eigenvalue weighted by atomic mass is 15.1. The zero-order chi connectivity index (χ0) is 11.3. The van der Waals surface area contributed by atoms with E-state index in [2.05, 4.69) is 37.7 Å². The molecular formula is C13H28N2. The maximum atomic E-state index is 2.58. The topological polar surface area (TPSA) is 6.48 Å². The van der Waals surface area contributed by atoms with Crippen LogP contribution in [0.5, 0.6) is 0 Å². The van der Waals surface area contributed by atoms with Gasteiger partial charge in [0, 0.05) is 12.6 Å². The van der Waals surface area contributed by atoms with E-state index >= 15 is 0 Å². The molecule has 1 heterocycles. The number of rotatable bonds is 5. The van der Waals surface area contributed by atoms with E-state index in [9.17, 15) is 0 Å². The molecule has 0 spiro atoms. The van der Waals surface area contributed by atoms with Crippen molar-refractivity contribution in [2.45, 2.75) is 45.6 Å². The molecule has 1 aliphatic rings. The number of hydrogen-bond acceptors (Lipinski definition) is 2. The molecule has 2 heteroatoms. The lowest BCUT2D eigenvalue weighted by Crippen LogP contribution is -2.42. The summed E-state index contributed by atoms with van der Waals surface area (Å²) in [5.41, 5.74) is 0. The average Bonchev–Trinajstić information content (AvgIpc) is 2.26. The third-order valence-electron chi connectivity index (χ3n) is 4.04. The molecule has 1 aliphatic heterocycles. The molecule has 0 N–H and O–H groups in total. The Labute approximate surface area is 95.6 Å². The quantitative estimate of drug-likeness (QED) is 0.691. The van der Waals surface area contributed by atoms with Crippen molar-refractivity contribution in [2.24, 2.45) is 5.92 Å². The zero-order valence-corrected chi connectivity index (χ0v) is 11.0. The van der Waals surface area contributed by atoms with Gasteiger partial charge in [-0.3, -0.25) is 0 Å². The van der Waals surface area contributed by atoms with Gasteiger partial charge in [0.1, 0.15) is 0 Å². The Morgan fingerprint density at radius 2 is 2.00 bits per heavy atom. The first kappa shape index (κ1) is 13.0. The lowest BCUT2D eigenvalue weighted by molar-refractivity contribution is 0.120. The summed E-state index contributed by atoms with van der Waals surface area (Å²) in [5, 5.41) is 0. The fraction of sp³-hybridized carbons (Fsp3) is 1.00. The van der Waals surface area contributed by atoms with Crippen LogP contribution < -0.4 is 0 Å². The number of piperidine rings is 1. The van der Waals surface area contributed by atoms with E-state index in [-0.39, 0.29) is 0 Å². The third-order valence-corrected chi connectivity index (χ3v) is 4.04. The van der Waals surface area contributed by atoms with Gasteiger partial charge in [0.2, 0.25) is 0 Å². The monoisotopic (exact) mass is 212 g/mol. The van der Waals surface area contributed by atoms with Gasteiger partial charge in [-0.2, -0.15) is 0 Å². The largest absolute Gasteiger partial charge is 0.307 e. The SMILES string of the molecule is CC[C@@H]1CC[C@@H](CCN(C)CC)N(C)C1. The van der Waals surface area contributed by atoms with Crippen LogP contribution >= 0.6 is 0 Å². The van der Waals surface area contributed by atoms with Gasteiger partial charge in [0.15, 0.2) is 0 Å². The van der Waals surface area contributed by atoms with Gasteiger partial charge in [-0.05, 0) is 52.4 Å². The summed E-state index contributed by atoms with van der Waals surface area (Å²) in [7, 11) is 4.52. The van der Waals surface area contributed by atoms with Crippen molar-refractivity contribution in [2.75, 3.05) is 33.7 Å². The van der Waals surface area contributed by atoms with Gasteiger partial charge < -0.3 is 9.80 Å². The van der Waals surface area contributed by atoms with Crippen molar-refractivity contribution in [3.05, 3.63) is 0 Å². The molecule has 15 heavy (non-hydrogen) atoms. The standard InChI is InChI=1S/C13H28N2/c1-5-12-7-8-13(15(4)11-12)9-10-14(3)6-2/h12-13H,5-11H2,1-4H3/t12-,13+/m1/s1. The zero-order valence-electron chi connectivity index (χ0n) is 11.0. The molecule has 0 unspecified atom stereocenters. The molecule has 0 bridgehead atoms. The molecule has 0 radical (unpaired) electrons. The van der Waals surface area contributed by atoms with E-state index in [0.29, 0.717) is 0 Å². The van der Waals surface area contributed by atoms with Gasteiger partial charge in [0.25, 0.3) is 0 Å². The average molecular weight is 212 g/mol. The van der Waals surface area contributed by atoms with Gasteiger partial charge in [0.05, 0.1) is 0 Å². The van der Waals surface area contributed by atoms with Crippen LogP contribution in [0, 0.1) is 5.92 Å². The minimum Gasteiger partial charge on any atom is -0.307 e. The number of nitrogens with zero attached hydrogens (tertiary/aromatic N) is 2. The van der Waals surface area contributed by atoms with Gasteiger partial charge >= 0.3 is 0 Å². The van der Waals surface area contributed by atoms with E-state index in [0.717, 1.165) is 12.0 Å². The highest BCUT2D eigenvalue weighted by Gasteiger charge is 2.24. The molecule has 0 aromatic heterocycles. The minimum atomic E-state index is 0.835. The summed E-state index contributed by atoms with van der Waals surface area (Å²) in [5.74, 6) is 0.954. The second-order valence-electron chi connectivity index (χ2n) is 5.13. The molecule has 90 valence electrons. The Morgan fingerprint density at radius 3 is 2.53 bits per heavy atom. The highest BCUT2D eigenvalue weighted by molar-refractivity contribution is 4.79. The second-order valence-corrected chi connectivity index (χ2v) is 5.13. The summed E-state index contributed by atoms with van der Waals surface area (Å²) >= 11 is 0. The van der Waals surface area contributed by atoms with Crippen LogP contribution in [0.3, 0.4) is 0 Å². The molecule has 2 nitrogen and oxygen atoms in total. The van der Waals surface area contributed by atoms with Crippen LogP contribution in [-0.4, -0.2) is 49.6 Å². The van der Waals surface area contributed by atoms with Gasteiger partial charge in [-0.15, -0.1) is 0 Å². The Hall–Kier alpha value is -0.0800. The van der Waals surface area contributed by atoms with E-state index in [1.54, 1.807) is 0 Å². The molecule has 1 rings (SSSR count). The lowest BCUT2D eigenvalue weighted by atomic mass is 9.90. The first-order valence-corrected chi connectivity index (χ1v) is 6.56. The van der Waals surface area contributed by atoms with Crippen LogP contribution in [0.15, 0.2) is 0 Å². The molecule has 0 saturated carbocycles. The fourth-order valence-electron chi connectivity index (χ4n) is 2.52. The van der Waals surface area contributed by atoms with E-state index in [1.165, 1.54) is 45.3 Å². The maximum Gasteiger partial charge on any atom is 0.0105 e. The molecule has 1 fully saturated rings. The molecule has 0 aromatic rings. The van der Waals surface area contributed by atoms with Gasteiger partial charge in [-0.1, -0.05) is 20.3 Å². The van der Waals surface area contributed by atoms with Crippen molar-refractivity contribution >= 4 is 0 Å². The van der Waals surface area contributed by atoms with E-state index in [4.69, 9.17) is 0 Å². The molecule has 0 amide bonds. The Morgan fingerprint density at radius 1 is 1.27 bits per heavy atom. The summed E-state index contributed by atoms with van der Waals surface area (Å²) in [4.78, 5) is 5.00. The van der Waals surface area contributed by atoms with Crippen molar-refractivity contribution in [3.63, 3.8) is 0 Å². The summed E-state index contributed by atoms with van der Waals surface area (Å²) in [6.07, 6.45) is 5.55. The Balaban J connectivity index is 2.25. The van der Waals surface area contributed by atoms with Crippen LogP contribution in [0.4, 0.5) is 0 Å². The maximum absolute atomic E-state index is 2.58. The molecular weight excluding hydrogens is 184 g/mol. The van der Waals surface area contributed by atoms with Gasteiger partial charge in [-0.25, -0.2) is 0 Å². The minimum absolute atomic E-state index is 0.835. The van der Waals surface area contributed by atoms with Crippen LogP contribution in [-0.2, 0) is 0 Å². The molecule has 2 atom stereocenters. The van der Waals surface area contributed by atoms with Crippen molar-refractivity contribution in [1.29, 1.82) is 0 Å². The third kappa shape index (κ3) is 4.12. The van der Waals surface area contributed by atoms with Crippen molar-refractivity contribution < 1.29 is 0 Å². The molecule has 0 aliphatic carbocycles. The fourth-order valence-corrected chi connectivity index (χ4v) is 2.52. The number of likely N-dealkylation sites (tertiary alicyclic amines) is 1. The lowest BCUT2D eigenvalue weighted by Gasteiger charge is -2.37. The predicted molar refractivity (Wildman–Crippen MR) is 67.2 cm³/mol. The second kappa shape index (κ2) is 6.49. The van der Waals surface area contributed by atoms with Crippen LogP contribution in [0.1, 0.15) is 39.5 Å². The molecule has 0 aromatic carbocycles. The normalized spacial score (nSPS) is 28.6. The first-order valence-electron chi connectivity index (χ1n) is 6.56.